The van der Waals surface area contributed by atoms with E-state index in [9.17, 15) is 0 Å². The lowest BCUT2D eigenvalue weighted by atomic mass is 10.1. The SMILES string of the molecule is CCc1ccccc1NC(=S)Nc1nn(Cc2ccc(C)cc2)cc1Br. The van der Waals surface area contributed by atoms with Crippen molar-refractivity contribution >= 4 is 44.8 Å². The van der Waals surface area contributed by atoms with Gasteiger partial charge in [-0.3, -0.25) is 4.68 Å². The van der Waals surface area contributed by atoms with Crippen LogP contribution in [0.15, 0.2) is 59.2 Å². The fraction of sp³-hybridized carbons (Fsp3) is 0.200. The average molecular weight is 429 g/mol. The Morgan fingerprint density at radius 1 is 1.12 bits per heavy atom. The van der Waals surface area contributed by atoms with E-state index >= 15 is 0 Å². The molecule has 3 rings (SSSR count). The number of thiocarbonyl (C=S) groups is 1. The number of rotatable bonds is 5. The van der Waals surface area contributed by atoms with Crippen LogP contribution in [0.1, 0.15) is 23.6 Å². The molecule has 0 aliphatic rings. The first-order valence-electron chi connectivity index (χ1n) is 8.49. The molecule has 26 heavy (non-hydrogen) atoms. The van der Waals surface area contributed by atoms with Crippen molar-refractivity contribution < 1.29 is 0 Å². The number of aromatic nitrogens is 2. The summed E-state index contributed by atoms with van der Waals surface area (Å²) in [5.74, 6) is 0.698. The minimum atomic E-state index is 0.521. The van der Waals surface area contributed by atoms with Gasteiger partial charge in [-0.2, -0.15) is 5.10 Å². The highest BCUT2D eigenvalue weighted by Gasteiger charge is 2.10. The van der Waals surface area contributed by atoms with E-state index in [0.29, 0.717) is 17.5 Å². The van der Waals surface area contributed by atoms with Crippen LogP contribution in [0.2, 0.25) is 0 Å². The molecule has 2 N–H and O–H groups in total. The number of hydrogen-bond donors (Lipinski definition) is 2. The second kappa shape index (κ2) is 8.47. The number of benzene rings is 2. The van der Waals surface area contributed by atoms with Crippen molar-refractivity contribution in [2.45, 2.75) is 26.8 Å². The van der Waals surface area contributed by atoms with E-state index in [1.165, 1.54) is 16.7 Å². The maximum atomic E-state index is 5.45. The van der Waals surface area contributed by atoms with E-state index in [1.54, 1.807) is 0 Å². The summed E-state index contributed by atoms with van der Waals surface area (Å²) < 4.78 is 2.76. The predicted molar refractivity (Wildman–Crippen MR) is 116 cm³/mol. The van der Waals surface area contributed by atoms with Crippen molar-refractivity contribution in [3.05, 3.63) is 75.9 Å². The molecule has 3 aromatic rings. The van der Waals surface area contributed by atoms with Crippen LogP contribution in [-0.2, 0) is 13.0 Å². The molecule has 0 aliphatic heterocycles. The molecule has 6 heteroatoms. The smallest absolute Gasteiger partial charge is 0.176 e. The Balaban J connectivity index is 1.67. The molecule has 0 saturated carbocycles. The number of nitrogens with zero attached hydrogens (tertiary/aromatic N) is 2. The van der Waals surface area contributed by atoms with Crippen molar-refractivity contribution in [1.29, 1.82) is 0 Å². The first kappa shape index (κ1) is 18.6. The van der Waals surface area contributed by atoms with Crippen LogP contribution in [0.3, 0.4) is 0 Å². The van der Waals surface area contributed by atoms with Crippen molar-refractivity contribution in [1.82, 2.24) is 9.78 Å². The Hall–Kier alpha value is -2.18. The van der Waals surface area contributed by atoms with Crippen LogP contribution in [0.5, 0.6) is 0 Å². The molecule has 0 radical (unpaired) electrons. The summed E-state index contributed by atoms with van der Waals surface area (Å²) in [6.07, 6.45) is 2.89. The number of hydrogen-bond acceptors (Lipinski definition) is 2. The van der Waals surface area contributed by atoms with E-state index in [0.717, 1.165) is 16.6 Å². The zero-order valence-corrected chi connectivity index (χ0v) is 17.2. The zero-order valence-electron chi connectivity index (χ0n) is 14.8. The lowest BCUT2D eigenvalue weighted by molar-refractivity contribution is 0.689. The number of anilines is 2. The molecule has 4 nitrogen and oxygen atoms in total. The number of para-hydroxylation sites is 1. The van der Waals surface area contributed by atoms with E-state index in [2.05, 4.69) is 75.8 Å². The summed E-state index contributed by atoms with van der Waals surface area (Å²) in [5, 5.41) is 11.5. The van der Waals surface area contributed by atoms with Gasteiger partial charge in [0.05, 0.1) is 11.0 Å². The van der Waals surface area contributed by atoms with Gasteiger partial charge in [-0.1, -0.05) is 55.0 Å². The number of nitrogens with one attached hydrogen (secondary N) is 2. The minimum absolute atomic E-state index is 0.521. The Kier molecular flexibility index (Phi) is 6.06. The molecule has 0 spiro atoms. The second-order valence-electron chi connectivity index (χ2n) is 6.10. The molecule has 1 heterocycles. The second-order valence-corrected chi connectivity index (χ2v) is 7.36. The van der Waals surface area contributed by atoms with Crippen molar-refractivity contribution in [2.24, 2.45) is 0 Å². The number of halogens is 1. The summed E-state index contributed by atoms with van der Waals surface area (Å²) in [4.78, 5) is 0. The van der Waals surface area contributed by atoms with Crippen LogP contribution in [0.4, 0.5) is 11.5 Å². The lowest BCUT2D eigenvalue weighted by Crippen LogP contribution is -2.20. The van der Waals surface area contributed by atoms with Crippen molar-refractivity contribution in [3.63, 3.8) is 0 Å². The first-order chi connectivity index (χ1) is 12.5. The predicted octanol–water partition coefficient (Wildman–Crippen LogP) is 5.37. The van der Waals surface area contributed by atoms with E-state index in [-0.39, 0.29) is 0 Å². The maximum absolute atomic E-state index is 5.45. The van der Waals surface area contributed by atoms with Gasteiger partial charge < -0.3 is 10.6 Å². The molecule has 0 saturated heterocycles. The Bertz CT molecular complexity index is 902. The first-order valence-corrected chi connectivity index (χ1v) is 9.69. The van der Waals surface area contributed by atoms with Crippen LogP contribution in [-0.4, -0.2) is 14.9 Å². The van der Waals surface area contributed by atoms with E-state index in [4.69, 9.17) is 12.2 Å². The van der Waals surface area contributed by atoms with Gasteiger partial charge >= 0.3 is 0 Å². The highest BCUT2D eigenvalue weighted by molar-refractivity contribution is 9.10. The lowest BCUT2D eigenvalue weighted by Gasteiger charge is -2.12. The monoisotopic (exact) mass is 428 g/mol. The molecule has 0 amide bonds. The third kappa shape index (κ3) is 4.71. The normalized spacial score (nSPS) is 10.6. The molecule has 0 bridgehead atoms. The minimum Gasteiger partial charge on any atom is -0.332 e. The summed E-state index contributed by atoms with van der Waals surface area (Å²) >= 11 is 9.00. The van der Waals surface area contributed by atoms with Crippen LogP contribution >= 0.6 is 28.1 Å². The summed E-state index contributed by atoms with van der Waals surface area (Å²) in [6, 6.07) is 16.6. The zero-order chi connectivity index (χ0) is 18.5. The van der Waals surface area contributed by atoms with Crippen LogP contribution in [0.25, 0.3) is 0 Å². The van der Waals surface area contributed by atoms with Gasteiger partial charge in [0.1, 0.15) is 0 Å². The van der Waals surface area contributed by atoms with Crippen molar-refractivity contribution in [2.75, 3.05) is 10.6 Å². The third-order valence-electron chi connectivity index (χ3n) is 4.06. The topological polar surface area (TPSA) is 41.9 Å². The Labute approximate surface area is 167 Å². The van der Waals surface area contributed by atoms with E-state index < -0.39 is 0 Å². The molecule has 0 atom stereocenters. The Morgan fingerprint density at radius 3 is 2.58 bits per heavy atom. The standard InChI is InChI=1S/C20H21BrN4S/c1-3-16-6-4-5-7-18(16)22-20(26)23-19-17(21)13-25(24-19)12-15-10-8-14(2)9-11-15/h4-11,13H,3,12H2,1-2H3,(H2,22,23,24,26). The van der Waals surface area contributed by atoms with Gasteiger partial charge in [0.15, 0.2) is 10.9 Å². The molecule has 0 unspecified atom stereocenters. The highest BCUT2D eigenvalue weighted by atomic mass is 79.9. The van der Waals surface area contributed by atoms with Gasteiger partial charge in [0, 0.05) is 11.9 Å². The summed E-state index contributed by atoms with van der Waals surface area (Å²) in [6.45, 7) is 4.92. The van der Waals surface area contributed by atoms with Gasteiger partial charge in [0.25, 0.3) is 0 Å². The Morgan fingerprint density at radius 2 is 1.85 bits per heavy atom. The molecule has 0 fully saturated rings. The molecule has 134 valence electrons. The number of aryl methyl sites for hydroxylation is 2. The molecular formula is C20H21BrN4S. The van der Waals surface area contributed by atoms with Gasteiger partial charge in [-0.05, 0) is 58.7 Å². The largest absolute Gasteiger partial charge is 0.332 e. The van der Waals surface area contributed by atoms with Gasteiger partial charge in [-0.25, -0.2) is 0 Å². The van der Waals surface area contributed by atoms with Crippen molar-refractivity contribution in [3.8, 4) is 0 Å². The highest BCUT2D eigenvalue weighted by Crippen LogP contribution is 2.22. The van der Waals surface area contributed by atoms with Gasteiger partial charge in [0.2, 0.25) is 0 Å². The quantitative estimate of drug-likeness (QED) is 0.535. The summed E-state index contributed by atoms with van der Waals surface area (Å²) in [5.41, 5.74) is 4.69. The van der Waals surface area contributed by atoms with Crippen LogP contribution in [0, 0.1) is 6.92 Å². The van der Waals surface area contributed by atoms with Crippen LogP contribution < -0.4 is 10.6 Å². The molecule has 0 aliphatic carbocycles. The van der Waals surface area contributed by atoms with Gasteiger partial charge in [-0.15, -0.1) is 0 Å². The fourth-order valence-electron chi connectivity index (χ4n) is 2.65. The fourth-order valence-corrected chi connectivity index (χ4v) is 3.28. The average Bonchev–Trinajstić information content (AvgIpc) is 2.96. The third-order valence-corrected chi connectivity index (χ3v) is 4.85. The molecular weight excluding hydrogens is 408 g/mol. The van der Waals surface area contributed by atoms with E-state index in [1.807, 2.05) is 29.1 Å². The molecule has 1 aromatic heterocycles. The molecule has 2 aromatic carbocycles. The summed E-state index contributed by atoms with van der Waals surface area (Å²) in [7, 11) is 0. The maximum Gasteiger partial charge on any atom is 0.176 e.